The molecule has 2 aromatic heterocycles. The van der Waals surface area contributed by atoms with E-state index in [1.807, 2.05) is 12.1 Å². The van der Waals surface area contributed by atoms with Gasteiger partial charge in [-0.15, -0.1) is 0 Å². The number of nitrogens with one attached hydrogen (secondary N) is 3. The van der Waals surface area contributed by atoms with Gasteiger partial charge in [-0.25, -0.2) is 5.43 Å². The summed E-state index contributed by atoms with van der Waals surface area (Å²) in [6.45, 7) is 0. The number of amides is 2. The van der Waals surface area contributed by atoms with E-state index >= 15 is 0 Å². The molecule has 3 rings (SSSR count). The number of thioether (sulfide) groups is 1. The van der Waals surface area contributed by atoms with Crippen LogP contribution in [0.2, 0.25) is 0 Å². The van der Waals surface area contributed by atoms with Gasteiger partial charge in [-0.1, -0.05) is 17.3 Å². The van der Waals surface area contributed by atoms with Gasteiger partial charge in [0.2, 0.25) is 5.82 Å². The minimum Gasteiger partial charge on any atom is -0.318 e. The van der Waals surface area contributed by atoms with E-state index in [0.29, 0.717) is 17.1 Å². The molecule has 0 unspecified atom stereocenters. The number of rotatable bonds is 7. The van der Waals surface area contributed by atoms with E-state index in [9.17, 15) is 9.59 Å². The van der Waals surface area contributed by atoms with Crippen LogP contribution in [0.4, 0.5) is 11.7 Å². The minimum atomic E-state index is -0.893. The van der Waals surface area contributed by atoms with Crippen LogP contribution in [0.1, 0.15) is 5.56 Å². The van der Waals surface area contributed by atoms with Crippen molar-refractivity contribution >= 4 is 35.3 Å². The molecule has 1 aromatic carbocycles. The van der Waals surface area contributed by atoms with Crippen molar-refractivity contribution in [2.24, 2.45) is 0 Å². The van der Waals surface area contributed by atoms with E-state index in [4.69, 9.17) is 4.52 Å². The number of aryl methyl sites for hydroxylation is 1. The average Bonchev–Trinajstić information content (AvgIpc) is 3.21. The zero-order valence-electron chi connectivity index (χ0n) is 15.0. The summed E-state index contributed by atoms with van der Waals surface area (Å²) in [7, 11) is 0. The second-order valence-corrected chi connectivity index (χ2v) is 6.62. The standard InChI is InChI=1S/C18H18N6O3S/c1-28-11-8-12-2-4-14(5-3-12)20-16(25)17(26)22-23-18-21-15(24-27-18)13-6-9-19-10-7-13/h2-7,9-10H,8,11H2,1H3,(H,20,25)(H,22,26)(H,21,23,24). The topological polar surface area (TPSA) is 122 Å². The predicted octanol–water partition coefficient (Wildman–Crippen LogP) is 2.12. The molecule has 0 spiro atoms. The molecule has 9 nitrogen and oxygen atoms in total. The highest BCUT2D eigenvalue weighted by Gasteiger charge is 2.15. The maximum absolute atomic E-state index is 12.0. The number of hydrogen-bond acceptors (Lipinski definition) is 8. The van der Waals surface area contributed by atoms with Crippen molar-refractivity contribution in [3.8, 4) is 11.4 Å². The molecule has 3 N–H and O–H groups in total. The van der Waals surface area contributed by atoms with Crippen LogP contribution in [0, 0.1) is 0 Å². The lowest BCUT2D eigenvalue weighted by molar-refractivity contribution is -0.135. The third-order valence-electron chi connectivity index (χ3n) is 3.66. The van der Waals surface area contributed by atoms with Crippen LogP contribution in [0.15, 0.2) is 53.3 Å². The summed E-state index contributed by atoms with van der Waals surface area (Å²) in [6.07, 6.45) is 6.20. The van der Waals surface area contributed by atoms with Crippen molar-refractivity contribution in [2.75, 3.05) is 22.8 Å². The molecule has 28 heavy (non-hydrogen) atoms. The van der Waals surface area contributed by atoms with Crippen molar-refractivity contribution in [3.05, 3.63) is 54.4 Å². The Morgan fingerprint density at radius 1 is 1.07 bits per heavy atom. The monoisotopic (exact) mass is 398 g/mol. The number of benzene rings is 1. The second kappa shape index (κ2) is 9.51. The third-order valence-corrected chi connectivity index (χ3v) is 4.27. The molecule has 2 heterocycles. The number of anilines is 2. The fourth-order valence-electron chi connectivity index (χ4n) is 2.22. The van der Waals surface area contributed by atoms with E-state index in [1.165, 1.54) is 5.56 Å². The molecule has 0 saturated heterocycles. The highest BCUT2D eigenvalue weighted by Crippen LogP contribution is 2.15. The van der Waals surface area contributed by atoms with Crippen LogP contribution in [0.25, 0.3) is 11.4 Å². The molecule has 0 aliphatic heterocycles. The third kappa shape index (κ3) is 5.30. The largest absolute Gasteiger partial charge is 0.340 e. The van der Waals surface area contributed by atoms with Crippen LogP contribution >= 0.6 is 11.8 Å². The Hall–Kier alpha value is -3.40. The smallest absolute Gasteiger partial charge is 0.318 e. The molecule has 144 valence electrons. The van der Waals surface area contributed by atoms with E-state index < -0.39 is 11.8 Å². The summed E-state index contributed by atoms with van der Waals surface area (Å²) < 4.78 is 4.97. The summed E-state index contributed by atoms with van der Waals surface area (Å²) in [6, 6.07) is 10.7. The number of hydrazine groups is 1. The number of carbonyl (C=O) groups excluding carboxylic acids is 2. The molecule has 0 fully saturated rings. The molecular weight excluding hydrogens is 380 g/mol. The fraction of sp³-hybridized carbons (Fsp3) is 0.167. The normalized spacial score (nSPS) is 10.3. The quantitative estimate of drug-likeness (QED) is 0.409. The summed E-state index contributed by atoms with van der Waals surface area (Å²) in [4.78, 5) is 31.9. The minimum absolute atomic E-state index is 0.0499. The Morgan fingerprint density at radius 3 is 2.54 bits per heavy atom. The Balaban J connectivity index is 1.49. The van der Waals surface area contributed by atoms with Gasteiger partial charge in [-0.05, 0) is 48.3 Å². The Morgan fingerprint density at radius 2 is 1.82 bits per heavy atom. The van der Waals surface area contributed by atoms with Crippen LogP contribution < -0.4 is 16.2 Å². The average molecular weight is 398 g/mol. The van der Waals surface area contributed by atoms with Gasteiger partial charge < -0.3 is 9.84 Å². The molecular formula is C18H18N6O3S. The van der Waals surface area contributed by atoms with Gasteiger partial charge in [-0.2, -0.15) is 16.7 Å². The SMILES string of the molecule is CSCCc1ccc(NC(=O)C(=O)NNc2nc(-c3ccncc3)no2)cc1. The van der Waals surface area contributed by atoms with Crippen LogP contribution in [0.5, 0.6) is 0 Å². The Bertz CT molecular complexity index is 930. The maximum Gasteiger partial charge on any atom is 0.340 e. The Labute approximate surface area is 165 Å². The summed E-state index contributed by atoms with van der Waals surface area (Å²) in [5.41, 5.74) is 7.03. The van der Waals surface area contributed by atoms with Crippen molar-refractivity contribution in [1.82, 2.24) is 20.6 Å². The zero-order chi connectivity index (χ0) is 19.8. The van der Waals surface area contributed by atoms with Crippen molar-refractivity contribution in [2.45, 2.75) is 6.42 Å². The molecule has 10 heteroatoms. The predicted molar refractivity (Wildman–Crippen MR) is 106 cm³/mol. The molecule has 3 aromatic rings. The lowest BCUT2D eigenvalue weighted by Crippen LogP contribution is -2.38. The number of carbonyl (C=O) groups is 2. The first kappa shape index (κ1) is 19.4. The maximum atomic E-state index is 12.0. The highest BCUT2D eigenvalue weighted by atomic mass is 32.2. The van der Waals surface area contributed by atoms with Crippen LogP contribution in [0.3, 0.4) is 0 Å². The lowest BCUT2D eigenvalue weighted by Gasteiger charge is -2.07. The highest BCUT2D eigenvalue weighted by molar-refractivity contribution is 7.98. The first-order chi connectivity index (χ1) is 13.7. The fourth-order valence-corrected chi connectivity index (χ4v) is 2.66. The molecule has 0 atom stereocenters. The number of nitrogens with zero attached hydrogens (tertiary/aromatic N) is 3. The van der Waals surface area contributed by atoms with Gasteiger partial charge in [0, 0.05) is 23.6 Å². The van der Waals surface area contributed by atoms with Gasteiger partial charge in [0.15, 0.2) is 0 Å². The lowest BCUT2D eigenvalue weighted by atomic mass is 10.1. The zero-order valence-corrected chi connectivity index (χ0v) is 15.8. The molecule has 0 aliphatic carbocycles. The molecule has 0 saturated carbocycles. The number of pyridine rings is 1. The van der Waals surface area contributed by atoms with E-state index in [2.05, 4.69) is 37.5 Å². The van der Waals surface area contributed by atoms with Crippen molar-refractivity contribution in [3.63, 3.8) is 0 Å². The van der Waals surface area contributed by atoms with Gasteiger partial charge in [0.1, 0.15) is 0 Å². The summed E-state index contributed by atoms with van der Waals surface area (Å²) in [5, 5.41) is 6.30. The summed E-state index contributed by atoms with van der Waals surface area (Å²) >= 11 is 1.77. The molecule has 0 aliphatic rings. The van der Waals surface area contributed by atoms with E-state index in [0.717, 1.165) is 12.2 Å². The van der Waals surface area contributed by atoms with Gasteiger partial charge in [0.05, 0.1) is 0 Å². The van der Waals surface area contributed by atoms with E-state index in [-0.39, 0.29) is 6.01 Å². The molecule has 0 radical (unpaired) electrons. The summed E-state index contributed by atoms with van der Waals surface area (Å²) in [5.74, 6) is -0.364. The van der Waals surface area contributed by atoms with Crippen LogP contribution in [-0.2, 0) is 16.0 Å². The van der Waals surface area contributed by atoms with Gasteiger partial charge in [-0.3, -0.25) is 20.0 Å². The van der Waals surface area contributed by atoms with Gasteiger partial charge >= 0.3 is 17.8 Å². The number of hydrogen-bond donors (Lipinski definition) is 3. The van der Waals surface area contributed by atoms with Gasteiger partial charge in [0.25, 0.3) is 0 Å². The first-order valence-electron chi connectivity index (χ1n) is 8.35. The first-order valence-corrected chi connectivity index (χ1v) is 9.74. The number of aromatic nitrogens is 3. The molecule has 2 amide bonds. The molecule has 0 bridgehead atoms. The van der Waals surface area contributed by atoms with Crippen molar-refractivity contribution < 1.29 is 14.1 Å². The van der Waals surface area contributed by atoms with Crippen LogP contribution in [-0.4, -0.2) is 38.9 Å². The van der Waals surface area contributed by atoms with E-state index in [1.54, 1.807) is 48.4 Å². The van der Waals surface area contributed by atoms with Crippen molar-refractivity contribution in [1.29, 1.82) is 0 Å². The Kier molecular flexibility index (Phi) is 6.58. The second-order valence-electron chi connectivity index (χ2n) is 5.63.